The molecular formula is C12H11BrFIN2. The van der Waals surface area contributed by atoms with Crippen molar-refractivity contribution in [2.45, 2.75) is 20.4 Å². The number of benzene rings is 1. The van der Waals surface area contributed by atoms with E-state index in [4.69, 9.17) is 0 Å². The molecule has 0 aliphatic rings. The summed E-state index contributed by atoms with van der Waals surface area (Å²) in [5.74, 6) is -0.231. The molecule has 17 heavy (non-hydrogen) atoms. The summed E-state index contributed by atoms with van der Waals surface area (Å²) < 4.78 is 17.1. The summed E-state index contributed by atoms with van der Waals surface area (Å²) in [5, 5.41) is 4.44. The first kappa shape index (κ1) is 13.0. The van der Waals surface area contributed by atoms with Crippen LogP contribution in [0.3, 0.4) is 0 Å². The van der Waals surface area contributed by atoms with Crippen LogP contribution in [0.4, 0.5) is 4.39 Å². The maximum Gasteiger partial charge on any atom is 0.124 e. The number of aromatic nitrogens is 2. The summed E-state index contributed by atoms with van der Waals surface area (Å²) >= 11 is 5.57. The number of aryl methyl sites for hydroxylation is 1. The van der Waals surface area contributed by atoms with Crippen molar-refractivity contribution in [1.82, 2.24) is 9.78 Å². The van der Waals surface area contributed by atoms with Crippen LogP contribution in [0.2, 0.25) is 0 Å². The van der Waals surface area contributed by atoms with Gasteiger partial charge in [0.2, 0.25) is 0 Å². The van der Waals surface area contributed by atoms with Crippen LogP contribution in [0.1, 0.15) is 17.0 Å². The third-order valence-electron chi connectivity index (χ3n) is 2.55. The Labute approximate surface area is 121 Å². The summed E-state index contributed by atoms with van der Waals surface area (Å²) in [5.41, 5.74) is 3.03. The van der Waals surface area contributed by atoms with E-state index in [1.54, 1.807) is 0 Å². The van der Waals surface area contributed by atoms with Gasteiger partial charge in [0.05, 0.1) is 15.8 Å². The van der Waals surface area contributed by atoms with Gasteiger partial charge in [0, 0.05) is 10.2 Å². The van der Waals surface area contributed by atoms with Crippen molar-refractivity contribution in [2.24, 2.45) is 0 Å². The Bertz CT molecular complexity index is 546. The highest BCUT2D eigenvalue weighted by Crippen LogP contribution is 2.19. The highest BCUT2D eigenvalue weighted by atomic mass is 127. The predicted octanol–water partition coefficient (Wildman–Crippen LogP) is 4.05. The van der Waals surface area contributed by atoms with Crippen LogP contribution in [-0.4, -0.2) is 9.78 Å². The molecule has 2 nitrogen and oxygen atoms in total. The molecule has 0 atom stereocenters. The van der Waals surface area contributed by atoms with Gasteiger partial charge < -0.3 is 0 Å². The molecule has 1 aromatic carbocycles. The normalized spacial score (nSPS) is 10.9. The van der Waals surface area contributed by atoms with Crippen LogP contribution in [0, 0.1) is 23.2 Å². The van der Waals surface area contributed by atoms with Crippen molar-refractivity contribution >= 4 is 38.5 Å². The van der Waals surface area contributed by atoms with Crippen molar-refractivity contribution < 1.29 is 4.39 Å². The molecule has 1 aromatic heterocycles. The summed E-state index contributed by atoms with van der Waals surface area (Å²) in [7, 11) is 0. The second-order valence-corrected chi connectivity index (χ2v) is 5.91. The van der Waals surface area contributed by atoms with Gasteiger partial charge in [-0.05, 0) is 60.2 Å². The molecule has 5 heteroatoms. The smallest absolute Gasteiger partial charge is 0.124 e. The van der Waals surface area contributed by atoms with E-state index in [1.807, 2.05) is 24.6 Å². The first-order valence-corrected chi connectivity index (χ1v) is 6.99. The molecular weight excluding hydrogens is 398 g/mol. The van der Waals surface area contributed by atoms with Crippen molar-refractivity contribution in [3.05, 3.63) is 49.0 Å². The Morgan fingerprint density at radius 2 is 2.06 bits per heavy atom. The Kier molecular flexibility index (Phi) is 3.87. The van der Waals surface area contributed by atoms with E-state index in [0.717, 1.165) is 25.0 Å². The topological polar surface area (TPSA) is 17.8 Å². The fourth-order valence-corrected chi connectivity index (χ4v) is 2.60. The highest BCUT2D eigenvalue weighted by molar-refractivity contribution is 14.1. The third kappa shape index (κ3) is 2.88. The lowest BCUT2D eigenvalue weighted by Gasteiger charge is -2.05. The largest absolute Gasteiger partial charge is 0.264 e. The molecule has 0 radical (unpaired) electrons. The second-order valence-electron chi connectivity index (χ2n) is 3.92. The molecule has 0 aliphatic heterocycles. The number of hydrogen-bond donors (Lipinski definition) is 0. The average Bonchev–Trinajstić information content (AvgIpc) is 2.45. The zero-order chi connectivity index (χ0) is 12.6. The lowest BCUT2D eigenvalue weighted by Crippen LogP contribution is -2.04. The minimum Gasteiger partial charge on any atom is -0.264 e. The standard InChI is InChI=1S/C12H11BrFIN2/c1-7-12(15)8(2)17(16-7)6-9-3-10(13)5-11(14)4-9/h3-5H,6H2,1-2H3. The van der Waals surface area contributed by atoms with Gasteiger partial charge in [-0.2, -0.15) is 5.10 Å². The number of hydrogen-bond acceptors (Lipinski definition) is 1. The summed E-state index contributed by atoms with van der Waals surface area (Å²) in [6.45, 7) is 4.59. The van der Waals surface area contributed by atoms with E-state index >= 15 is 0 Å². The fourth-order valence-electron chi connectivity index (χ4n) is 1.70. The molecule has 0 unspecified atom stereocenters. The molecule has 2 rings (SSSR count). The van der Waals surface area contributed by atoms with Gasteiger partial charge in [-0.3, -0.25) is 4.68 Å². The van der Waals surface area contributed by atoms with Gasteiger partial charge in [0.15, 0.2) is 0 Å². The predicted molar refractivity (Wildman–Crippen MR) is 77.6 cm³/mol. The number of nitrogens with zero attached hydrogens (tertiary/aromatic N) is 2. The first-order chi connectivity index (χ1) is 7.97. The number of rotatable bonds is 2. The molecule has 90 valence electrons. The van der Waals surface area contributed by atoms with Gasteiger partial charge in [0.25, 0.3) is 0 Å². The van der Waals surface area contributed by atoms with Crippen molar-refractivity contribution in [3.63, 3.8) is 0 Å². The maximum atomic E-state index is 13.3. The second kappa shape index (κ2) is 5.06. The van der Waals surface area contributed by atoms with Crippen LogP contribution < -0.4 is 0 Å². The van der Waals surface area contributed by atoms with Crippen molar-refractivity contribution in [1.29, 1.82) is 0 Å². The van der Waals surface area contributed by atoms with Gasteiger partial charge >= 0.3 is 0 Å². The molecule has 0 saturated carbocycles. The Balaban J connectivity index is 2.34. The molecule has 0 amide bonds. The zero-order valence-electron chi connectivity index (χ0n) is 9.47. The summed E-state index contributed by atoms with van der Waals surface area (Å²) in [6, 6.07) is 4.90. The highest BCUT2D eigenvalue weighted by Gasteiger charge is 2.09. The van der Waals surface area contributed by atoms with Crippen LogP contribution >= 0.6 is 38.5 Å². The molecule has 0 fully saturated rings. The monoisotopic (exact) mass is 408 g/mol. The maximum absolute atomic E-state index is 13.3. The molecule has 0 N–H and O–H groups in total. The van der Waals surface area contributed by atoms with Gasteiger partial charge in [0.1, 0.15) is 5.82 Å². The Morgan fingerprint density at radius 1 is 1.35 bits per heavy atom. The van der Waals surface area contributed by atoms with E-state index in [2.05, 4.69) is 43.6 Å². The third-order valence-corrected chi connectivity index (χ3v) is 4.57. The molecule has 0 aliphatic carbocycles. The minimum atomic E-state index is -0.231. The molecule has 0 saturated heterocycles. The molecule has 0 bridgehead atoms. The van der Waals surface area contributed by atoms with Gasteiger partial charge in [-0.15, -0.1) is 0 Å². The van der Waals surface area contributed by atoms with E-state index in [9.17, 15) is 4.39 Å². The van der Waals surface area contributed by atoms with Crippen LogP contribution in [0.15, 0.2) is 22.7 Å². The average molecular weight is 409 g/mol. The molecule has 2 aromatic rings. The zero-order valence-corrected chi connectivity index (χ0v) is 13.2. The van der Waals surface area contributed by atoms with E-state index in [0.29, 0.717) is 6.54 Å². The van der Waals surface area contributed by atoms with E-state index in [-0.39, 0.29) is 5.82 Å². The van der Waals surface area contributed by atoms with Gasteiger partial charge in [-0.1, -0.05) is 15.9 Å². The van der Waals surface area contributed by atoms with Crippen molar-refractivity contribution in [3.8, 4) is 0 Å². The van der Waals surface area contributed by atoms with Crippen molar-refractivity contribution in [2.75, 3.05) is 0 Å². The van der Waals surface area contributed by atoms with Crippen LogP contribution in [0.25, 0.3) is 0 Å². The van der Waals surface area contributed by atoms with E-state index in [1.165, 1.54) is 12.1 Å². The fraction of sp³-hybridized carbons (Fsp3) is 0.250. The lowest BCUT2D eigenvalue weighted by molar-refractivity contribution is 0.614. The van der Waals surface area contributed by atoms with Crippen LogP contribution in [0.5, 0.6) is 0 Å². The summed E-state index contributed by atoms with van der Waals surface area (Å²) in [6.07, 6.45) is 0. The first-order valence-electron chi connectivity index (χ1n) is 5.12. The Hall–Kier alpha value is -0.430. The summed E-state index contributed by atoms with van der Waals surface area (Å²) in [4.78, 5) is 0. The number of halogens is 3. The lowest BCUT2D eigenvalue weighted by atomic mass is 10.2. The Morgan fingerprint density at radius 3 is 2.59 bits per heavy atom. The van der Waals surface area contributed by atoms with Gasteiger partial charge in [-0.25, -0.2) is 4.39 Å². The SMILES string of the molecule is Cc1nn(Cc2cc(F)cc(Br)c2)c(C)c1I. The molecule has 0 spiro atoms. The molecule has 1 heterocycles. The van der Waals surface area contributed by atoms with E-state index < -0.39 is 0 Å². The van der Waals surface area contributed by atoms with Crippen LogP contribution in [-0.2, 0) is 6.54 Å². The minimum absolute atomic E-state index is 0.231. The quantitative estimate of drug-likeness (QED) is 0.685.